The molecule has 1 heterocycles. The van der Waals surface area contributed by atoms with Crippen molar-refractivity contribution in [2.75, 3.05) is 26.2 Å². The molecule has 1 aliphatic rings. The Kier molecular flexibility index (Phi) is 6.63. The molecule has 4 nitrogen and oxygen atoms in total. The number of carbonyl (C=O) groups is 1. The van der Waals surface area contributed by atoms with Crippen molar-refractivity contribution < 1.29 is 9.53 Å². The zero-order chi connectivity index (χ0) is 14.3. The first-order chi connectivity index (χ1) is 8.90. The summed E-state index contributed by atoms with van der Waals surface area (Å²) in [6, 6.07) is 0. The predicted molar refractivity (Wildman–Crippen MR) is 78.3 cm³/mol. The number of nitrogens with one attached hydrogen (secondary N) is 1. The minimum Gasteiger partial charge on any atom is -0.444 e. The molecule has 0 radical (unpaired) electrons. The van der Waals surface area contributed by atoms with Crippen molar-refractivity contribution in [1.82, 2.24) is 10.2 Å². The summed E-state index contributed by atoms with van der Waals surface area (Å²) < 4.78 is 5.22. The largest absolute Gasteiger partial charge is 0.444 e. The number of rotatable bonds is 5. The van der Waals surface area contributed by atoms with Gasteiger partial charge in [0.15, 0.2) is 0 Å². The van der Waals surface area contributed by atoms with Crippen LogP contribution in [-0.4, -0.2) is 42.8 Å². The van der Waals surface area contributed by atoms with Gasteiger partial charge in [0.25, 0.3) is 0 Å². The smallest absolute Gasteiger partial charge is 0.407 e. The van der Waals surface area contributed by atoms with Gasteiger partial charge in [-0.25, -0.2) is 4.79 Å². The summed E-state index contributed by atoms with van der Waals surface area (Å²) in [5.41, 5.74) is -0.407. The molecule has 112 valence electrons. The average molecular weight is 270 g/mol. The number of amides is 1. The Hall–Kier alpha value is -0.770. The van der Waals surface area contributed by atoms with Gasteiger partial charge >= 0.3 is 6.09 Å². The number of hydrogen-bond acceptors (Lipinski definition) is 3. The van der Waals surface area contributed by atoms with Gasteiger partial charge in [0.1, 0.15) is 5.60 Å². The number of hydrogen-bond donors (Lipinski definition) is 1. The number of likely N-dealkylation sites (tertiary alicyclic amines) is 1. The van der Waals surface area contributed by atoms with Gasteiger partial charge in [0.2, 0.25) is 0 Å². The molecule has 0 aromatic heterocycles. The molecule has 1 saturated heterocycles. The minimum atomic E-state index is -0.407. The number of ether oxygens (including phenoxy) is 1. The van der Waals surface area contributed by atoms with Crippen LogP contribution in [0, 0.1) is 5.92 Å². The predicted octanol–water partition coefficient (Wildman–Crippen LogP) is 3.02. The second-order valence-electron chi connectivity index (χ2n) is 6.50. The normalized spacial score (nSPS) is 18.3. The monoisotopic (exact) mass is 270 g/mol. The van der Waals surface area contributed by atoms with E-state index in [4.69, 9.17) is 4.74 Å². The highest BCUT2D eigenvalue weighted by atomic mass is 16.6. The van der Waals surface area contributed by atoms with Gasteiger partial charge in [-0.05, 0) is 72.0 Å². The van der Waals surface area contributed by atoms with E-state index in [0.717, 1.165) is 18.9 Å². The van der Waals surface area contributed by atoms with Crippen molar-refractivity contribution in [3.05, 3.63) is 0 Å². The third kappa shape index (κ3) is 7.41. The van der Waals surface area contributed by atoms with E-state index < -0.39 is 5.60 Å². The Balaban J connectivity index is 2.09. The first kappa shape index (κ1) is 16.3. The molecule has 0 saturated carbocycles. The van der Waals surface area contributed by atoms with Crippen LogP contribution in [0.4, 0.5) is 4.79 Å². The summed E-state index contributed by atoms with van der Waals surface area (Å²) in [5.74, 6) is 0.753. The van der Waals surface area contributed by atoms with E-state index in [-0.39, 0.29) is 6.09 Å². The Morgan fingerprint density at radius 3 is 2.47 bits per heavy atom. The number of nitrogens with zero attached hydrogens (tertiary/aromatic N) is 1. The van der Waals surface area contributed by atoms with Gasteiger partial charge < -0.3 is 15.0 Å². The summed E-state index contributed by atoms with van der Waals surface area (Å²) in [4.78, 5) is 14.0. The maximum absolute atomic E-state index is 11.5. The van der Waals surface area contributed by atoms with Gasteiger partial charge in [-0.1, -0.05) is 6.92 Å². The summed E-state index contributed by atoms with van der Waals surface area (Å²) in [6.07, 6.45) is 4.53. The standard InChI is InChI=1S/C15H30N2O2/c1-5-10-17-11-7-13(8-12-17)6-9-16-14(18)19-15(2,3)4/h13H,5-12H2,1-4H3,(H,16,18). The molecule has 1 fully saturated rings. The Morgan fingerprint density at radius 1 is 1.32 bits per heavy atom. The van der Waals surface area contributed by atoms with Crippen LogP contribution < -0.4 is 5.32 Å². The van der Waals surface area contributed by atoms with E-state index in [1.807, 2.05) is 20.8 Å². The summed E-state index contributed by atoms with van der Waals surface area (Å²) in [7, 11) is 0. The summed E-state index contributed by atoms with van der Waals surface area (Å²) >= 11 is 0. The highest BCUT2D eigenvalue weighted by molar-refractivity contribution is 5.67. The molecular formula is C15H30N2O2. The third-order valence-corrected chi connectivity index (χ3v) is 3.47. The zero-order valence-corrected chi connectivity index (χ0v) is 13.0. The van der Waals surface area contributed by atoms with E-state index in [2.05, 4.69) is 17.1 Å². The fourth-order valence-corrected chi connectivity index (χ4v) is 2.51. The molecule has 0 atom stereocenters. The number of carbonyl (C=O) groups excluding carboxylic acids is 1. The molecule has 4 heteroatoms. The topological polar surface area (TPSA) is 41.6 Å². The van der Waals surface area contributed by atoms with Gasteiger partial charge in [-0.15, -0.1) is 0 Å². The molecule has 1 rings (SSSR count). The molecule has 0 aromatic rings. The Morgan fingerprint density at radius 2 is 1.95 bits per heavy atom. The lowest BCUT2D eigenvalue weighted by Gasteiger charge is -2.31. The minimum absolute atomic E-state index is 0.295. The van der Waals surface area contributed by atoms with Crippen LogP contribution >= 0.6 is 0 Å². The van der Waals surface area contributed by atoms with E-state index in [1.54, 1.807) is 0 Å². The second kappa shape index (κ2) is 7.73. The molecule has 0 unspecified atom stereocenters. The van der Waals surface area contributed by atoms with E-state index >= 15 is 0 Å². The maximum atomic E-state index is 11.5. The van der Waals surface area contributed by atoms with Crippen molar-refractivity contribution in [3.8, 4) is 0 Å². The molecule has 0 bridgehead atoms. The van der Waals surface area contributed by atoms with Crippen LogP contribution in [0.2, 0.25) is 0 Å². The zero-order valence-electron chi connectivity index (χ0n) is 13.0. The van der Waals surface area contributed by atoms with Crippen molar-refractivity contribution in [2.24, 2.45) is 5.92 Å². The van der Waals surface area contributed by atoms with Crippen LogP contribution in [0.3, 0.4) is 0 Å². The summed E-state index contributed by atoms with van der Waals surface area (Å²) in [6.45, 7) is 12.3. The van der Waals surface area contributed by atoms with Crippen LogP contribution in [-0.2, 0) is 4.74 Å². The first-order valence-electron chi connectivity index (χ1n) is 7.60. The van der Waals surface area contributed by atoms with Gasteiger partial charge in [0.05, 0.1) is 0 Å². The van der Waals surface area contributed by atoms with Gasteiger partial charge in [0, 0.05) is 6.54 Å². The van der Waals surface area contributed by atoms with Crippen LogP contribution in [0.25, 0.3) is 0 Å². The molecule has 1 amide bonds. The second-order valence-corrected chi connectivity index (χ2v) is 6.50. The average Bonchev–Trinajstić information content (AvgIpc) is 2.29. The van der Waals surface area contributed by atoms with E-state index in [0.29, 0.717) is 0 Å². The summed E-state index contributed by atoms with van der Waals surface area (Å²) in [5, 5.41) is 2.85. The highest BCUT2D eigenvalue weighted by Crippen LogP contribution is 2.20. The molecule has 0 aromatic carbocycles. The Labute approximate surface area is 117 Å². The van der Waals surface area contributed by atoms with Crippen molar-refractivity contribution >= 4 is 6.09 Å². The van der Waals surface area contributed by atoms with E-state index in [1.165, 1.54) is 38.9 Å². The quantitative estimate of drug-likeness (QED) is 0.835. The van der Waals surface area contributed by atoms with Crippen molar-refractivity contribution in [1.29, 1.82) is 0 Å². The van der Waals surface area contributed by atoms with Crippen molar-refractivity contribution in [3.63, 3.8) is 0 Å². The molecule has 19 heavy (non-hydrogen) atoms. The first-order valence-corrected chi connectivity index (χ1v) is 7.60. The lowest BCUT2D eigenvalue weighted by Crippen LogP contribution is -2.36. The van der Waals surface area contributed by atoms with Crippen LogP contribution in [0.5, 0.6) is 0 Å². The lowest BCUT2D eigenvalue weighted by molar-refractivity contribution is 0.0522. The number of alkyl carbamates (subject to hydrolysis) is 1. The SMILES string of the molecule is CCCN1CCC(CCNC(=O)OC(C)(C)C)CC1. The van der Waals surface area contributed by atoms with Gasteiger partial charge in [-0.3, -0.25) is 0 Å². The molecule has 1 aliphatic heterocycles. The third-order valence-electron chi connectivity index (χ3n) is 3.47. The lowest BCUT2D eigenvalue weighted by atomic mass is 9.93. The number of piperidine rings is 1. The van der Waals surface area contributed by atoms with E-state index in [9.17, 15) is 4.79 Å². The van der Waals surface area contributed by atoms with Crippen LogP contribution in [0.15, 0.2) is 0 Å². The molecule has 0 aliphatic carbocycles. The molecular weight excluding hydrogens is 240 g/mol. The maximum Gasteiger partial charge on any atom is 0.407 e. The molecule has 1 N–H and O–H groups in total. The van der Waals surface area contributed by atoms with Gasteiger partial charge in [-0.2, -0.15) is 0 Å². The highest BCUT2D eigenvalue weighted by Gasteiger charge is 2.19. The Bertz CT molecular complexity index is 266. The van der Waals surface area contributed by atoms with Crippen LogP contribution in [0.1, 0.15) is 53.4 Å². The fourth-order valence-electron chi connectivity index (χ4n) is 2.51. The molecule has 0 spiro atoms. The fraction of sp³-hybridized carbons (Fsp3) is 0.933. The van der Waals surface area contributed by atoms with Crippen molar-refractivity contribution in [2.45, 2.75) is 59.0 Å².